The lowest BCUT2D eigenvalue weighted by atomic mass is 9.96. The molecular weight excluding hydrogens is 192 g/mol. The molecule has 0 saturated heterocycles. The van der Waals surface area contributed by atoms with Gasteiger partial charge in [-0.05, 0) is 12.1 Å². The summed E-state index contributed by atoms with van der Waals surface area (Å²) < 4.78 is 3.84. The molecule has 0 amide bonds. The highest BCUT2D eigenvalue weighted by atomic mass is 32.2. The lowest BCUT2D eigenvalue weighted by molar-refractivity contribution is 0.427. The van der Waals surface area contributed by atoms with E-state index in [9.17, 15) is 0 Å². The fourth-order valence-electron chi connectivity index (χ4n) is 0.773. The van der Waals surface area contributed by atoms with E-state index >= 15 is 0 Å². The van der Waals surface area contributed by atoms with E-state index in [2.05, 4.69) is 57.7 Å². The van der Waals surface area contributed by atoms with E-state index in [-0.39, 0.29) is 10.8 Å². The van der Waals surface area contributed by atoms with Crippen LogP contribution >= 0.6 is 11.9 Å². The van der Waals surface area contributed by atoms with E-state index in [0.29, 0.717) is 0 Å². The Morgan fingerprint density at radius 2 is 1.64 bits per heavy atom. The number of hydrogen-bond donors (Lipinski definition) is 0. The topological polar surface area (TPSA) is 24.7 Å². The Hall–Kier alpha value is -0.310. The molecule has 3 heteroatoms. The van der Waals surface area contributed by atoms with Crippen LogP contribution in [0.2, 0.25) is 0 Å². The zero-order valence-electron chi connectivity index (χ0n) is 10.2. The van der Waals surface area contributed by atoms with Gasteiger partial charge in [0.2, 0.25) is 0 Å². The minimum absolute atomic E-state index is 0.0666. The number of rotatable bonds is 2. The molecule has 0 radical (unpaired) electrons. The summed E-state index contributed by atoms with van der Waals surface area (Å²) in [5, 5.41) is 1.06. The summed E-state index contributed by atoms with van der Waals surface area (Å²) in [6.07, 6.45) is 0. The second-order valence-electron chi connectivity index (χ2n) is 5.65. The fourth-order valence-corrected chi connectivity index (χ4v) is 1.29. The molecule has 0 bridgehead atoms. The standard InChI is InChI=1S/C11H22N2S/c1-10(2,3)8-13-9(14-12-7)11(4,5)6/h7-8H2,1-6H3/b13-9-. The largest absolute Gasteiger partial charge is 0.280 e. The van der Waals surface area contributed by atoms with Gasteiger partial charge in [0.1, 0.15) is 0 Å². The minimum atomic E-state index is 0.0666. The highest BCUT2D eigenvalue weighted by molar-refractivity contribution is 8.13. The molecule has 0 aliphatic carbocycles. The van der Waals surface area contributed by atoms with Crippen molar-refractivity contribution in [3.63, 3.8) is 0 Å². The van der Waals surface area contributed by atoms with Gasteiger partial charge in [0.25, 0.3) is 0 Å². The van der Waals surface area contributed by atoms with Gasteiger partial charge in [0.05, 0.1) is 5.04 Å². The molecule has 0 N–H and O–H groups in total. The summed E-state index contributed by atoms with van der Waals surface area (Å²) in [4.78, 5) is 4.60. The molecule has 0 aromatic carbocycles. The average molecular weight is 214 g/mol. The molecule has 82 valence electrons. The maximum atomic E-state index is 4.60. The predicted molar refractivity (Wildman–Crippen MR) is 68.4 cm³/mol. The van der Waals surface area contributed by atoms with Gasteiger partial charge in [-0.25, -0.2) is 4.40 Å². The van der Waals surface area contributed by atoms with Gasteiger partial charge >= 0.3 is 0 Å². The van der Waals surface area contributed by atoms with E-state index < -0.39 is 0 Å². The molecule has 0 aliphatic heterocycles. The molecule has 2 nitrogen and oxygen atoms in total. The molecule has 0 aliphatic rings. The van der Waals surface area contributed by atoms with Gasteiger partial charge < -0.3 is 0 Å². The molecule has 0 saturated carbocycles. The maximum absolute atomic E-state index is 4.60. The Morgan fingerprint density at radius 1 is 1.14 bits per heavy atom. The molecule has 0 unspecified atom stereocenters. The van der Waals surface area contributed by atoms with Crippen LogP contribution in [0.1, 0.15) is 41.5 Å². The third kappa shape index (κ3) is 6.19. The van der Waals surface area contributed by atoms with Crippen molar-refractivity contribution in [1.82, 2.24) is 0 Å². The fraction of sp³-hybridized carbons (Fsp3) is 0.818. The van der Waals surface area contributed by atoms with E-state index in [1.807, 2.05) is 0 Å². The van der Waals surface area contributed by atoms with Crippen LogP contribution in [-0.4, -0.2) is 18.3 Å². The Morgan fingerprint density at radius 3 is 1.93 bits per heavy atom. The number of hydrogen-bond acceptors (Lipinski definition) is 3. The molecular formula is C11H22N2S. The van der Waals surface area contributed by atoms with Gasteiger partial charge in [0.15, 0.2) is 0 Å². The van der Waals surface area contributed by atoms with E-state index in [0.717, 1.165) is 11.6 Å². The van der Waals surface area contributed by atoms with Crippen LogP contribution in [0.4, 0.5) is 0 Å². The second-order valence-corrected chi connectivity index (χ2v) is 6.48. The SMILES string of the molecule is C=NS/C(=N\CC(C)(C)C)C(C)(C)C. The Balaban J connectivity index is 4.58. The minimum Gasteiger partial charge on any atom is -0.280 e. The van der Waals surface area contributed by atoms with Gasteiger partial charge in [-0.3, -0.25) is 4.99 Å². The molecule has 0 spiro atoms. The molecule has 0 heterocycles. The Labute approximate surface area is 92.4 Å². The van der Waals surface area contributed by atoms with E-state index in [1.54, 1.807) is 0 Å². The summed E-state index contributed by atoms with van der Waals surface area (Å²) >= 11 is 1.39. The first-order valence-electron chi connectivity index (χ1n) is 4.85. The van der Waals surface area contributed by atoms with Gasteiger partial charge in [-0.2, -0.15) is 0 Å². The average Bonchev–Trinajstić information content (AvgIpc) is 1.93. The van der Waals surface area contributed by atoms with Crippen molar-refractivity contribution in [2.24, 2.45) is 20.2 Å². The van der Waals surface area contributed by atoms with Crippen LogP contribution in [0, 0.1) is 10.8 Å². The van der Waals surface area contributed by atoms with Crippen LogP contribution in [0.25, 0.3) is 0 Å². The van der Waals surface area contributed by atoms with Crippen LogP contribution in [0.5, 0.6) is 0 Å². The lowest BCUT2D eigenvalue weighted by Crippen LogP contribution is -2.19. The number of nitrogens with zero attached hydrogens (tertiary/aromatic N) is 2. The molecule has 0 rings (SSSR count). The Kier molecular flexibility index (Phi) is 4.85. The van der Waals surface area contributed by atoms with Crippen LogP contribution in [0.3, 0.4) is 0 Å². The van der Waals surface area contributed by atoms with E-state index in [4.69, 9.17) is 0 Å². The smallest absolute Gasteiger partial charge is 0.0957 e. The molecule has 14 heavy (non-hydrogen) atoms. The first kappa shape index (κ1) is 13.7. The van der Waals surface area contributed by atoms with Crippen molar-refractivity contribution in [2.75, 3.05) is 6.54 Å². The molecule has 0 atom stereocenters. The van der Waals surface area contributed by atoms with Gasteiger partial charge in [-0.15, -0.1) is 0 Å². The van der Waals surface area contributed by atoms with Crippen molar-refractivity contribution in [3.05, 3.63) is 0 Å². The van der Waals surface area contributed by atoms with Gasteiger partial charge in [0, 0.05) is 23.9 Å². The van der Waals surface area contributed by atoms with Crippen molar-refractivity contribution in [3.8, 4) is 0 Å². The summed E-state index contributed by atoms with van der Waals surface area (Å²) in [5.74, 6) is 0. The third-order valence-corrected chi connectivity index (χ3v) is 2.53. The monoisotopic (exact) mass is 214 g/mol. The number of aliphatic imine (C=N–C) groups is 1. The van der Waals surface area contributed by atoms with Crippen molar-refractivity contribution in [1.29, 1.82) is 0 Å². The zero-order chi connectivity index (χ0) is 11.4. The van der Waals surface area contributed by atoms with E-state index in [1.165, 1.54) is 11.9 Å². The summed E-state index contributed by atoms with van der Waals surface area (Å²) in [5.41, 5.74) is 0.301. The van der Waals surface area contributed by atoms with Gasteiger partial charge in [-0.1, -0.05) is 41.5 Å². The van der Waals surface area contributed by atoms with Crippen molar-refractivity contribution >= 4 is 23.7 Å². The second kappa shape index (κ2) is 4.96. The molecule has 0 aromatic rings. The summed E-state index contributed by atoms with van der Waals surface area (Å²) in [6.45, 7) is 17.3. The highest BCUT2D eigenvalue weighted by Gasteiger charge is 2.20. The van der Waals surface area contributed by atoms with Crippen LogP contribution in [-0.2, 0) is 0 Å². The predicted octanol–water partition coefficient (Wildman–Crippen LogP) is 3.83. The first-order valence-corrected chi connectivity index (χ1v) is 5.62. The normalized spacial score (nSPS) is 14.3. The Bertz CT molecular complexity index is 218. The zero-order valence-corrected chi connectivity index (χ0v) is 11.0. The first-order chi connectivity index (χ1) is 6.17. The highest BCUT2D eigenvalue weighted by Crippen LogP contribution is 2.26. The summed E-state index contributed by atoms with van der Waals surface area (Å²) in [7, 11) is 0. The van der Waals surface area contributed by atoms with Crippen molar-refractivity contribution < 1.29 is 0 Å². The van der Waals surface area contributed by atoms with Crippen LogP contribution in [0.15, 0.2) is 9.39 Å². The molecule has 0 fully saturated rings. The molecule has 0 aromatic heterocycles. The van der Waals surface area contributed by atoms with Crippen molar-refractivity contribution in [2.45, 2.75) is 41.5 Å². The summed E-state index contributed by atoms with van der Waals surface area (Å²) in [6, 6.07) is 0. The van der Waals surface area contributed by atoms with Crippen LogP contribution < -0.4 is 0 Å². The quantitative estimate of drug-likeness (QED) is 0.389. The lowest BCUT2D eigenvalue weighted by Gasteiger charge is -2.21. The third-order valence-electron chi connectivity index (χ3n) is 1.49. The maximum Gasteiger partial charge on any atom is 0.0957 e.